The molecule has 2 N–H and O–H groups in total. The van der Waals surface area contributed by atoms with Crippen molar-refractivity contribution in [3.8, 4) is 11.1 Å². The Morgan fingerprint density at radius 1 is 1.23 bits per heavy atom. The van der Waals surface area contributed by atoms with E-state index in [1.54, 1.807) is 6.20 Å². The lowest BCUT2D eigenvalue weighted by atomic mass is 9.88. The van der Waals surface area contributed by atoms with Crippen LogP contribution in [0.5, 0.6) is 0 Å². The highest BCUT2D eigenvalue weighted by Crippen LogP contribution is 2.38. The monoisotopic (exact) mass is 405 g/mol. The summed E-state index contributed by atoms with van der Waals surface area (Å²) in [6.07, 6.45) is 5.77. The van der Waals surface area contributed by atoms with Crippen LogP contribution in [0.4, 0.5) is 0 Å². The Kier molecular flexibility index (Phi) is 4.04. The van der Waals surface area contributed by atoms with Gasteiger partial charge in [0.2, 0.25) is 0 Å². The zero-order valence-corrected chi connectivity index (χ0v) is 17.8. The van der Waals surface area contributed by atoms with Crippen LogP contribution in [-0.2, 0) is 23.9 Å². The van der Waals surface area contributed by atoms with Crippen molar-refractivity contribution in [2.45, 2.75) is 32.9 Å². The number of nitrogens with one attached hydrogen (secondary N) is 1. The maximum Gasteiger partial charge on any atom is 0.272 e. The minimum absolute atomic E-state index is 0.105. The summed E-state index contributed by atoms with van der Waals surface area (Å²) in [6.45, 7) is 8.25. The molecule has 0 amide bonds. The Morgan fingerprint density at radius 3 is 2.67 bits per heavy atom. The van der Waals surface area contributed by atoms with Crippen molar-refractivity contribution in [2.24, 2.45) is 12.5 Å². The van der Waals surface area contributed by atoms with Gasteiger partial charge in [-0.15, -0.1) is 0 Å². The molecule has 156 valence electrons. The number of benzene rings is 1. The lowest BCUT2D eigenvalue weighted by molar-refractivity contribution is -0.109. The standard InChI is InChI=1S/C24H27N3O3/c1-23(2,29)19-9-15(18-11-26(4)21-16(18)5-7-25-22(21)28)10-20-17(19)6-8-27(20)12-24(3)13-30-14-24/h5-11,29H,12-14H2,1-4H3,(H,25,28). The molecule has 0 radical (unpaired) electrons. The second kappa shape index (κ2) is 6.33. The van der Waals surface area contributed by atoms with Crippen LogP contribution >= 0.6 is 0 Å². The number of hydrogen-bond donors (Lipinski definition) is 2. The number of rotatable bonds is 4. The topological polar surface area (TPSA) is 72.2 Å². The predicted molar refractivity (Wildman–Crippen MR) is 119 cm³/mol. The van der Waals surface area contributed by atoms with Gasteiger partial charge in [0, 0.05) is 59.5 Å². The fraction of sp³-hybridized carbons (Fsp3) is 0.375. The van der Waals surface area contributed by atoms with Crippen LogP contribution < -0.4 is 5.56 Å². The second-order valence-electron chi connectivity index (χ2n) is 9.49. The third-order valence-corrected chi connectivity index (χ3v) is 6.21. The Balaban J connectivity index is 1.77. The van der Waals surface area contributed by atoms with Gasteiger partial charge in [-0.25, -0.2) is 0 Å². The summed E-state index contributed by atoms with van der Waals surface area (Å²) in [5, 5.41) is 12.9. The van der Waals surface area contributed by atoms with Crippen molar-refractivity contribution < 1.29 is 9.84 Å². The van der Waals surface area contributed by atoms with Crippen LogP contribution in [0.2, 0.25) is 0 Å². The number of H-pyrrole nitrogens is 1. The zero-order chi connectivity index (χ0) is 21.3. The Labute approximate surface area is 174 Å². The van der Waals surface area contributed by atoms with Crippen LogP contribution in [-0.4, -0.2) is 32.4 Å². The summed E-state index contributed by atoms with van der Waals surface area (Å²) in [5.74, 6) is 0. The van der Waals surface area contributed by atoms with Gasteiger partial charge in [0.05, 0.1) is 18.8 Å². The third-order valence-electron chi connectivity index (χ3n) is 6.21. The van der Waals surface area contributed by atoms with E-state index < -0.39 is 5.60 Å². The molecule has 4 heterocycles. The van der Waals surface area contributed by atoms with Crippen LogP contribution in [0.15, 0.2) is 47.7 Å². The minimum atomic E-state index is -0.994. The highest BCUT2D eigenvalue weighted by Gasteiger charge is 2.34. The van der Waals surface area contributed by atoms with E-state index in [0.29, 0.717) is 5.52 Å². The second-order valence-corrected chi connectivity index (χ2v) is 9.49. The predicted octanol–water partition coefficient (Wildman–Crippen LogP) is 3.75. The fourth-order valence-electron chi connectivity index (χ4n) is 4.64. The number of hydrogen-bond acceptors (Lipinski definition) is 3. The third kappa shape index (κ3) is 2.90. The molecule has 1 aromatic carbocycles. The van der Waals surface area contributed by atoms with Crippen LogP contribution in [0.25, 0.3) is 32.9 Å². The summed E-state index contributed by atoms with van der Waals surface area (Å²) < 4.78 is 9.57. The first-order chi connectivity index (χ1) is 14.2. The smallest absolute Gasteiger partial charge is 0.272 e. The quantitative estimate of drug-likeness (QED) is 0.543. The molecule has 0 spiro atoms. The summed E-state index contributed by atoms with van der Waals surface area (Å²) >= 11 is 0. The Bertz CT molecular complexity index is 1330. The molecular weight excluding hydrogens is 378 g/mol. The van der Waals surface area contributed by atoms with Gasteiger partial charge in [0.15, 0.2) is 0 Å². The number of fused-ring (bicyclic) bond motifs is 2. The number of aromatic nitrogens is 3. The molecule has 0 atom stereocenters. The summed E-state index contributed by atoms with van der Waals surface area (Å²) in [6, 6.07) is 8.25. The summed E-state index contributed by atoms with van der Waals surface area (Å²) in [5.41, 5.74) is 3.61. The molecule has 6 nitrogen and oxygen atoms in total. The number of pyridine rings is 1. The van der Waals surface area contributed by atoms with Crippen LogP contribution in [0, 0.1) is 5.41 Å². The van der Waals surface area contributed by atoms with Gasteiger partial charge in [-0.2, -0.15) is 0 Å². The van der Waals surface area contributed by atoms with Gasteiger partial charge in [0.1, 0.15) is 5.52 Å². The molecule has 3 aromatic heterocycles. The van der Waals surface area contributed by atoms with Crippen molar-refractivity contribution in [2.75, 3.05) is 13.2 Å². The van der Waals surface area contributed by atoms with Gasteiger partial charge in [0.25, 0.3) is 5.56 Å². The van der Waals surface area contributed by atoms with Crippen LogP contribution in [0.1, 0.15) is 26.3 Å². The maximum absolute atomic E-state index is 12.4. The van der Waals surface area contributed by atoms with E-state index in [4.69, 9.17) is 4.74 Å². The number of nitrogens with zero attached hydrogens (tertiary/aromatic N) is 2. The fourth-order valence-corrected chi connectivity index (χ4v) is 4.64. The van der Waals surface area contributed by atoms with Crippen molar-refractivity contribution in [1.82, 2.24) is 14.1 Å². The van der Waals surface area contributed by atoms with E-state index in [0.717, 1.165) is 52.7 Å². The highest BCUT2D eigenvalue weighted by molar-refractivity contribution is 5.99. The molecule has 4 aromatic rings. The van der Waals surface area contributed by atoms with Gasteiger partial charge in [-0.1, -0.05) is 6.92 Å². The van der Waals surface area contributed by atoms with E-state index in [-0.39, 0.29) is 11.0 Å². The Morgan fingerprint density at radius 2 is 2.00 bits per heavy atom. The van der Waals surface area contributed by atoms with Gasteiger partial charge in [-0.05, 0) is 49.2 Å². The molecule has 0 unspecified atom stereocenters. The van der Waals surface area contributed by atoms with Crippen molar-refractivity contribution >= 4 is 21.8 Å². The van der Waals surface area contributed by atoms with Crippen LogP contribution in [0.3, 0.4) is 0 Å². The van der Waals surface area contributed by atoms with Crippen molar-refractivity contribution in [3.63, 3.8) is 0 Å². The number of aromatic amines is 1. The largest absolute Gasteiger partial charge is 0.386 e. The number of ether oxygens (including phenoxy) is 1. The first-order valence-electron chi connectivity index (χ1n) is 10.3. The molecule has 1 fully saturated rings. The van der Waals surface area contributed by atoms with Gasteiger partial charge < -0.3 is 24.0 Å². The molecule has 1 aliphatic heterocycles. The van der Waals surface area contributed by atoms with E-state index in [2.05, 4.69) is 40.9 Å². The SMILES string of the molecule is Cn1cc(-c2cc(C(C)(C)O)c3ccn(CC4(C)COC4)c3c2)c2cc[nH]c(=O)c21. The van der Waals surface area contributed by atoms with Gasteiger partial charge in [-0.3, -0.25) is 4.79 Å². The number of aryl methyl sites for hydroxylation is 1. The van der Waals surface area contributed by atoms with Crippen molar-refractivity contribution in [3.05, 3.63) is 58.8 Å². The molecule has 1 saturated heterocycles. The molecule has 0 saturated carbocycles. The molecule has 6 heteroatoms. The zero-order valence-electron chi connectivity index (χ0n) is 17.8. The van der Waals surface area contributed by atoms with E-state index in [1.165, 1.54) is 0 Å². The number of aliphatic hydroxyl groups is 1. The first-order valence-corrected chi connectivity index (χ1v) is 10.3. The van der Waals surface area contributed by atoms with E-state index in [1.807, 2.05) is 37.7 Å². The van der Waals surface area contributed by atoms with Crippen molar-refractivity contribution in [1.29, 1.82) is 0 Å². The van der Waals surface area contributed by atoms with E-state index >= 15 is 0 Å². The normalized spacial score (nSPS) is 16.3. The maximum atomic E-state index is 12.4. The molecule has 0 aliphatic carbocycles. The lowest BCUT2D eigenvalue weighted by Crippen LogP contribution is -2.42. The summed E-state index contributed by atoms with van der Waals surface area (Å²) in [4.78, 5) is 15.1. The summed E-state index contributed by atoms with van der Waals surface area (Å²) in [7, 11) is 1.89. The minimum Gasteiger partial charge on any atom is -0.386 e. The molecule has 5 rings (SSSR count). The molecule has 0 bridgehead atoms. The lowest BCUT2D eigenvalue weighted by Gasteiger charge is -2.38. The molecular formula is C24H27N3O3. The average molecular weight is 405 g/mol. The Hall–Kier alpha value is -2.83. The molecule has 1 aliphatic rings. The average Bonchev–Trinajstić information content (AvgIpc) is 3.21. The first kappa shape index (κ1) is 19.2. The molecule has 30 heavy (non-hydrogen) atoms. The van der Waals surface area contributed by atoms with Gasteiger partial charge >= 0.3 is 0 Å². The van der Waals surface area contributed by atoms with E-state index in [9.17, 15) is 9.90 Å². The highest BCUT2D eigenvalue weighted by atomic mass is 16.5.